The molecule has 0 saturated carbocycles. The van der Waals surface area contributed by atoms with E-state index in [2.05, 4.69) is 4.72 Å². The molecule has 2 aromatic carbocycles. The van der Waals surface area contributed by atoms with Gasteiger partial charge in [-0.3, -0.25) is 4.72 Å². The number of hydrogen-bond donors (Lipinski definition) is 1. The summed E-state index contributed by atoms with van der Waals surface area (Å²) in [4.78, 5) is 0.0961. The lowest BCUT2D eigenvalue weighted by Crippen LogP contribution is -2.14. The van der Waals surface area contributed by atoms with Crippen LogP contribution in [0.3, 0.4) is 0 Å². The average Bonchev–Trinajstić information content (AvgIpc) is 2.43. The van der Waals surface area contributed by atoms with Crippen LogP contribution in [0.5, 0.6) is 0 Å². The third kappa shape index (κ3) is 3.20. The molecule has 0 spiro atoms. The van der Waals surface area contributed by atoms with Crippen LogP contribution in [0.1, 0.15) is 16.7 Å². The first-order valence-corrected chi connectivity index (χ1v) is 7.61. The predicted octanol–water partition coefficient (Wildman–Crippen LogP) is 3.12. The number of nitrogens with one attached hydrogen (secondary N) is 1. The highest BCUT2D eigenvalue weighted by molar-refractivity contribution is 7.92. The summed E-state index contributed by atoms with van der Waals surface area (Å²) in [5.74, 6) is -0.597. The molecule has 2 aromatic rings. The highest BCUT2D eigenvalue weighted by Gasteiger charge is 2.17. The van der Waals surface area contributed by atoms with Gasteiger partial charge in [0, 0.05) is 0 Å². The van der Waals surface area contributed by atoms with Crippen LogP contribution < -0.4 is 4.72 Å². The second-order valence-electron chi connectivity index (χ2n) is 4.65. The first kappa shape index (κ1) is 15.0. The van der Waals surface area contributed by atoms with Crippen molar-refractivity contribution in [1.29, 1.82) is 5.26 Å². The topological polar surface area (TPSA) is 70.0 Å². The van der Waals surface area contributed by atoms with Crippen LogP contribution in [0, 0.1) is 31.0 Å². The molecule has 0 unspecified atom stereocenters. The minimum Gasteiger partial charge on any atom is -0.278 e. The molecular weight excluding hydrogens is 291 g/mol. The van der Waals surface area contributed by atoms with Crippen molar-refractivity contribution < 1.29 is 12.8 Å². The van der Waals surface area contributed by atoms with E-state index >= 15 is 0 Å². The van der Waals surface area contributed by atoms with Gasteiger partial charge in [0.15, 0.2) is 0 Å². The van der Waals surface area contributed by atoms with E-state index < -0.39 is 15.8 Å². The third-order valence-electron chi connectivity index (χ3n) is 3.14. The van der Waals surface area contributed by atoms with Crippen molar-refractivity contribution in [2.75, 3.05) is 4.72 Å². The number of nitrogens with zero attached hydrogens (tertiary/aromatic N) is 1. The highest BCUT2D eigenvalue weighted by Crippen LogP contribution is 2.22. The van der Waals surface area contributed by atoms with Crippen LogP contribution in [-0.4, -0.2) is 8.42 Å². The van der Waals surface area contributed by atoms with Crippen molar-refractivity contribution in [1.82, 2.24) is 0 Å². The summed E-state index contributed by atoms with van der Waals surface area (Å²) in [6.07, 6.45) is 0. The van der Waals surface area contributed by atoms with Gasteiger partial charge in [0.2, 0.25) is 0 Å². The van der Waals surface area contributed by atoms with Crippen molar-refractivity contribution in [3.63, 3.8) is 0 Å². The minimum atomic E-state index is -3.82. The average molecular weight is 304 g/mol. The summed E-state index contributed by atoms with van der Waals surface area (Å²) in [7, 11) is -3.82. The summed E-state index contributed by atoms with van der Waals surface area (Å²) in [6.45, 7) is 3.69. The molecule has 0 aliphatic heterocycles. The summed E-state index contributed by atoms with van der Waals surface area (Å²) in [5.41, 5.74) is 1.81. The summed E-state index contributed by atoms with van der Waals surface area (Å²) < 4.78 is 40.0. The standard InChI is InChI=1S/C15H13FN2O2S/c1-10-3-5-14(7-11(10)2)21(19,20)18-15-6-4-13(16)8-12(15)9-17/h3-8,18H,1-2H3. The minimum absolute atomic E-state index is 0.0529. The quantitative estimate of drug-likeness (QED) is 0.947. The van der Waals surface area contributed by atoms with Gasteiger partial charge in [-0.2, -0.15) is 5.26 Å². The molecule has 0 aromatic heterocycles. The Kier molecular flexibility index (Phi) is 3.96. The Morgan fingerprint density at radius 1 is 1.10 bits per heavy atom. The van der Waals surface area contributed by atoms with Crippen LogP contribution in [0.15, 0.2) is 41.3 Å². The lowest BCUT2D eigenvalue weighted by atomic mass is 10.1. The zero-order valence-electron chi connectivity index (χ0n) is 11.5. The highest BCUT2D eigenvalue weighted by atomic mass is 32.2. The Hall–Kier alpha value is -2.39. The fourth-order valence-corrected chi connectivity index (χ4v) is 2.95. The fraction of sp³-hybridized carbons (Fsp3) is 0.133. The molecule has 21 heavy (non-hydrogen) atoms. The summed E-state index contributed by atoms with van der Waals surface area (Å²) >= 11 is 0. The largest absolute Gasteiger partial charge is 0.278 e. The number of halogens is 1. The van der Waals surface area contributed by atoms with Crippen LogP contribution in [0.25, 0.3) is 0 Å². The van der Waals surface area contributed by atoms with Crippen LogP contribution in [0.4, 0.5) is 10.1 Å². The number of benzene rings is 2. The molecule has 0 fully saturated rings. The maximum atomic E-state index is 13.1. The molecule has 0 aliphatic carbocycles. The van der Waals surface area contributed by atoms with Crippen molar-refractivity contribution in [3.05, 3.63) is 58.9 Å². The number of nitriles is 1. The van der Waals surface area contributed by atoms with Crippen LogP contribution in [-0.2, 0) is 10.0 Å². The first-order valence-electron chi connectivity index (χ1n) is 6.13. The van der Waals surface area contributed by atoms with E-state index in [1.54, 1.807) is 18.2 Å². The summed E-state index contributed by atoms with van der Waals surface area (Å²) in [5, 5.41) is 8.94. The van der Waals surface area contributed by atoms with Crippen LogP contribution >= 0.6 is 0 Å². The number of hydrogen-bond acceptors (Lipinski definition) is 3. The van der Waals surface area contributed by atoms with Gasteiger partial charge in [-0.05, 0) is 55.3 Å². The Balaban J connectivity index is 2.42. The molecular formula is C15H13FN2O2S. The van der Waals surface area contributed by atoms with Gasteiger partial charge in [0.1, 0.15) is 11.9 Å². The van der Waals surface area contributed by atoms with E-state index in [0.717, 1.165) is 23.3 Å². The van der Waals surface area contributed by atoms with Gasteiger partial charge in [0.25, 0.3) is 10.0 Å². The van der Waals surface area contributed by atoms with Crippen LogP contribution in [0.2, 0.25) is 0 Å². The normalized spacial score (nSPS) is 11.0. The molecule has 2 rings (SSSR count). The molecule has 0 amide bonds. The SMILES string of the molecule is Cc1ccc(S(=O)(=O)Nc2ccc(F)cc2C#N)cc1C. The molecule has 108 valence electrons. The van der Waals surface area contributed by atoms with Gasteiger partial charge in [-0.15, -0.1) is 0 Å². The zero-order chi connectivity index (χ0) is 15.6. The Labute approximate surface area is 122 Å². The molecule has 0 radical (unpaired) electrons. The van der Waals surface area contributed by atoms with E-state index in [-0.39, 0.29) is 16.1 Å². The second kappa shape index (κ2) is 5.54. The first-order chi connectivity index (χ1) is 9.83. The van der Waals surface area contributed by atoms with E-state index in [1.165, 1.54) is 12.1 Å². The van der Waals surface area contributed by atoms with E-state index in [9.17, 15) is 12.8 Å². The molecule has 4 nitrogen and oxygen atoms in total. The van der Waals surface area contributed by atoms with Gasteiger partial charge in [0.05, 0.1) is 16.1 Å². The van der Waals surface area contributed by atoms with Crippen molar-refractivity contribution in [3.8, 4) is 6.07 Å². The molecule has 0 heterocycles. The monoisotopic (exact) mass is 304 g/mol. The third-order valence-corrected chi connectivity index (χ3v) is 4.50. The van der Waals surface area contributed by atoms with Gasteiger partial charge in [-0.25, -0.2) is 12.8 Å². The van der Waals surface area contributed by atoms with Gasteiger partial charge in [-0.1, -0.05) is 6.07 Å². The second-order valence-corrected chi connectivity index (χ2v) is 6.34. The maximum absolute atomic E-state index is 13.1. The lowest BCUT2D eigenvalue weighted by molar-refractivity contribution is 0.601. The number of anilines is 1. The Morgan fingerprint density at radius 3 is 2.43 bits per heavy atom. The molecule has 6 heteroatoms. The fourth-order valence-electron chi connectivity index (χ4n) is 1.78. The van der Waals surface area contributed by atoms with Crippen molar-refractivity contribution in [2.24, 2.45) is 0 Å². The molecule has 0 atom stereocenters. The molecule has 0 aliphatic rings. The molecule has 0 bridgehead atoms. The lowest BCUT2D eigenvalue weighted by Gasteiger charge is -2.11. The maximum Gasteiger partial charge on any atom is 0.261 e. The van der Waals surface area contributed by atoms with Gasteiger partial charge >= 0.3 is 0 Å². The van der Waals surface area contributed by atoms with Gasteiger partial charge < -0.3 is 0 Å². The number of aryl methyl sites for hydroxylation is 2. The summed E-state index contributed by atoms with van der Waals surface area (Å²) in [6, 6.07) is 9.82. The Morgan fingerprint density at radius 2 is 1.81 bits per heavy atom. The van der Waals surface area contributed by atoms with E-state index in [4.69, 9.17) is 5.26 Å². The number of rotatable bonds is 3. The number of sulfonamides is 1. The zero-order valence-corrected chi connectivity index (χ0v) is 12.3. The predicted molar refractivity (Wildman–Crippen MR) is 77.8 cm³/mol. The van der Waals surface area contributed by atoms with E-state index in [0.29, 0.717) is 0 Å². The Bertz CT molecular complexity index is 839. The van der Waals surface area contributed by atoms with E-state index in [1.807, 2.05) is 13.8 Å². The molecule has 0 saturated heterocycles. The smallest absolute Gasteiger partial charge is 0.261 e. The molecule has 1 N–H and O–H groups in total. The van der Waals surface area contributed by atoms with Crippen molar-refractivity contribution >= 4 is 15.7 Å². The van der Waals surface area contributed by atoms with Crippen molar-refractivity contribution in [2.45, 2.75) is 18.7 Å².